The fourth-order valence-corrected chi connectivity index (χ4v) is 3.38. The van der Waals surface area contributed by atoms with Crippen LogP contribution in [0.3, 0.4) is 0 Å². The number of nitrogens with zero attached hydrogens (tertiary/aromatic N) is 3. The molecule has 1 aliphatic heterocycles. The average molecular weight is 373 g/mol. The number of hydrogen-bond donors (Lipinski definition) is 1. The van der Waals surface area contributed by atoms with E-state index in [0.29, 0.717) is 38.2 Å². The van der Waals surface area contributed by atoms with Crippen LogP contribution in [0, 0.1) is 5.92 Å². The number of carbonyl (C=O) groups excluding carboxylic acids is 1. The molecule has 26 heavy (non-hydrogen) atoms. The monoisotopic (exact) mass is 372 g/mol. The van der Waals surface area contributed by atoms with E-state index in [9.17, 15) is 4.79 Å². The first-order valence-corrected chi connectivity index (χ1v) is 9.31. The molecule has 2 aromatic rings. The Labute approximate surface area is 157 Å². The lowest BCUT2D eigenvalue weighted by molar-refractivity contribution is 0.0926. The maximum Gasteiger partial charge on any atom is 0.272 e. The van der Waals surface area contributed by atoms with Crippen molar-refractivity contribution in [1.82, 2.24) is 15.3 Å². The van der Waals surface area contributed by atoms with Gasteiger partial charge in [-0.15, -0.1) is 0 Å². The molecule has 1 aromatic heterocycles. The van der Waals surface area contributed by atoms with E-state index in [1.165, 1.54) is 6.20 Å². The van der Waals surface area contributed by atoms with E-state index in [4.69, 9.17) is 16.3 Å². The second kappa shape index (κ2) is 7.60. The Hall–Kier alpha value is -2.18. The van der Waals surface area contributed by atoms with E-state index in [1.807, 2.05) is 35.2 Å². The van der Waals surface area contributed by atoms with Crippen molar-refractivity contribution in [3.05, 3.63) is 52.8 Å². The molecule has 1 amide bonds. The number of nitrogens with one attached hydrogen (secondary N) is 1. The van der Waals surface area contributed by atoms with Crippen LogP contribution in [-0.4, -0.2) is 42.2 Å². The SMILES string of the molecule is O=C(N[C@H](c1ccccc1)C1CC1)c1nc(N2CCOCC2)ncc1Cl. The smallest absolute Gasteiger partial charge is 0.272 e. The summed E-state index contributed by atoms with van der Waals surface area (Å²) in [5.74, 6) is 0.735. The van der Waals surface area contributed by atoms with E-state index < -0.39 is 0 Å². The molecule has 7 heteroatoms. The van der Waals surface area contributed by atoms with Gasteiger partial charge >= 0.3 is 0 Å². The van der Waals surface area contributed by atoms with Crippen molar-refractivity contribution in [3.8, 4) is 0 Å². The Bertz CT molecular complexity index is 776. The lowest BCUT2D eigenvalue weighted by Crippen LogP contribution is -2.38. The van der Waals surface area contributed by atoms with Gasteiger partial charge in [0.25, 0.3) is 5.91 Å². The van der Waals surface area contributed by atoms with Crippen molar-refractivity contribution < 1.29 is 9.53 Å². The molecule has 0 unspecified atom stereocenters. The number of morpholine rings is 1. The fourth-order valence-electron chi connectivity index (χ4n) is 3.21. The number of carbonyl (C=O) groups is 1. The molecule has 1 atom stereocenters. The first-order chi connectivity index (χ1) is 12.7. The highest BCUT2D eigenvalue weighted by molar-refractivity contribution is 6.33. The topological polar surface area (TPSA) is 67.4 Å². The van der Waals surface area contributed by atoms with E-state index in [2.05, 4.69) is 15.3 Å². The van der Waals surface area contributed by atoms with E-state index in [-0.39, 0.29) is 22.7 Å². The summed E-state index contributed by atoms with van der Waals surface area (Å²) in [6.45, 7) is 2.67. The number of anilines is 1. The summed E-state index contributed by atoms with van der Waals surface area (Å²) in [4.78, 5) is 23.6. The van der Waals surface area contributed by atoms with Gasteiger partial charge in [0.15, 0.2) is 5.69 Å². The van der Waals surface area contributed by atoms with Gasteiger partial charge in [0, 0.05) is 13.1 Å². The number of amides is 1. The van der Waals surface area contributed by atoms with Crippen molar-refractivity contribution in [2.75, 3.05) is 31.2 Å². The van der Waals surface area contributed by atoms with E-state index >= 15 is 0 Å². The van der Waals surface area contributed by atoms with Gasteiger partial charge in [0.1, 0.15) is 0 Å². The van der Waals surface area contributed by atoms with Crippen LogP contribution in [0.25, 0.3) is 0 Å². The highest BCUT2D eigenvalue weighted by Crippen LogP contribution is 2.41. The number of ether oxygens (including phenoxy) is 1. The van der Waals surface area contributed by atoms with Crippen LogP contribution in [0.2, 0.25) is 5.02 Å². The van der Waals surface area contributed by atoms with Gasteiger partial charge in [-0.1, -0.05) is 41.9 Å². The molecule has 1 aromatic carbocycles. The minimum atomic E-state index is -0.257. The zero-order chi connectivity index (χ0) is 17.9. The Morgan fingerprint density at radius 1 is 1.23 bits per heavy atom. The van der Waals surface area contributed by atoms with Crippen LogP contribution >= 0.6 is 11.6 Å². The van der Waals surface area contributed by atoms with Crippen molar-refractivity contribution in [1.29, 1.82) is 0 Å². The lowest BCUT2D eigenvalue weighted by atomic mass is 10.0. The molecule has 2 fully saturated rings. The van der Waals surface area contributed by atoms with Gasteiger partial charge in [-0.05, 0) is 24.3 Å². The molecule has 0 spiro atoms. The summed E-state index contributed by atoms with van der Waals surface area (Å²) in [7, 11) is 0. The molecule has 0 radical (unpaired) electrons. The van der Waals surface area contributed by atoms with Crippen LogP contribution in [-0.2, 0) is 4.74 Å². The molecule has 6 nitrogen and oxygen atoms in total. The van der Waals surface area contributed by atoms with Crippen LogP contribution in [0.1, 0.15) is 34.9 Å². The summed E-state index contributed by atoms with van der Waals surface area (Å²) < 4.78 is 5.35. The van der Waals surface area contributed by atoms with E-state index in [1.54, 1.807) is 0 Å². The minimum Gasteiger partial charge on any atom is -0.378 e. The first kappa shape index (κ1) is 17.2. The molecule has 2 heterocycles. The summed E-state index contributed by atoms with van der Waals surface area (Å²) in [6, 6.07) is 10.0. The molecule has 1 saturated heterocycles. The molecular weight excluding hydrogens is 352 g/mol. The number of rotatable bonds is 5. The van der Waals surface area contributed by atoms with Gasteiger partial charge < -0.3 is 15.0 Å². The van der Waals surface area contributed by atoms with Crippen molar-refractivity contribution in [2.45, 2.75) is 18.9 Å². The van der Waals surface area contributed by atoms with Gasteiger partial charge in [0.05, 0.1) is 30.5 Å². The Balaban J connectivity index is 1.55. The number of aromatic nitrogens is 2. The standard InChI is InChI=1S/C19H21ClN4O2/c20-15-12-21-19(24-8-10-26-11-9-24)23-17(15)18(25)22-16(14-6-7-14)13-4-2-1-3-5-13/h1-5,12,14,16H,6-11H2,(H,22,25)/t16-/m1/s1. The van der Waals surface area contributed by atoms with Gasteiger partial charge in [-0.3, -0.25) is 4.79 Å². The molecule has 1 aliphatic carbocycles. The second-order valence-electron chi connectivity index (χ2n) is 6.67. The molecular formula is C19H21ClN4O2. The van der Waals surface area contributed by atoms with Gasteiger partial charge in [-0.2, -0.15) is 0 Å². The largest absolute Gasteiger partial charge is 0.378 e. The van der Waals surface area contributed by atoms with Crippen LogP contribution in [0.5, 0.6) is 0 Å². The summed E-state index contributed by atoms with van der Waals surface area (Å²) in [5, 5.41) is 3.39. The number of halogens is 1. The van der Waals surface area contributed by atoms with Gasteiger partial charge in [-0.25, -0.2) is 9.97 Å². The van der Waals surface area contributed by atoms with Crippen molar-refractivity contribution >= 4 is 23.5 Å². The van der Waals surface area contributed by atoms with Gasteiger partial charge in [0.2, 0.25) is 5.95 Å². The number of benzene rings is 1. The molecule has 2 aliphatic rings. The molecule has 4 rings (SSSR count). The molecule has 0 bridgehead atoms. The average Bonchev–Trinajstić information content (AvgIpc) is 3.53. The molecule has 1 N–H and O–H groups in total. The first-order valence-electron chi connectivity index (χ1n) is 8.93. The fraction of sp³-hybridized carbons (Fsp3) is 0.421. The molecule has 1 saturated carbocycles. The second-order valence-corrected chi connectivity index (χ2v) is 7.07. The maximum atomic E-state index is 12.9. The Kier molecular flexibility index (Phi) is 5.04. The van der Waals surface area contributed by atoms with Crippen LogP contribution < -0.4 is 10.2 Å². The quantitative estimate of drug-likeness (QED) is 0.874. The third-order valence-electron chi connectivity index (χ3n) is 4.78. The third-order valence-corrected chi connectivity index (χ3v) is 5.06. The highest BCUT2D eigenvalue weighted by Gasteiger charge is 2.34. The number of hydrogen-bond acceptors (Lipinski definition) is 5. The lowest BCUT2D eigenvalue weighted by Gasteiger charge is -2.27. The minimum absolute atomic E-state index is 0.0124. The van der Waals surface area contributed by atoms with Crippen LogP contribution in [0.15, 0.2) is 36.5 Å². The molecule has 136 valence electrons. The Morgan fingerprint density at radius 2 is 1.96 bits per heavy atom. The summed E-state index contributed by atoms with van der Waals surface area (Å²) in [6.07, 6.45) is 3.75. The van der Waals surface area contributed by atoms with Crippen molar-refractivity contribution in [2.24, 2.45) is 5.92 Å². The predicted octanol–water partition coefficient (Wildman–Crippen LogP) is 2.85. The van der Waals surface area contributed by atoms with Crippen molar-refractivity contribution in [3.63, 3.8) is 0 Å². The van der Waals surface area contributed by atoms with Crippen LogP contribution in [0.4, 0.5) is 5.95 Å². The highest BCUT2D eigenvalue weighted by atomic mass is 35.5. The maximum absolute atomic E-state index is 12.9. The Morgan fingerprint density at radius 3 is 2.65 bits per heavy atom. The normalized spacial score (nSPS) is 18.4. The third kappa shape index (κ3) is 3.81. The summed E-state index contributed by atoms with van der Waals surface area (Å²) >= 11 is 6.23. The van der Waals surface area contributed by atoms with E-state index in [0.717, 1.165) is 18.4 Å². The zero-order valence-corrected chi connectivity index (χ0v) is 15.2. The summed E-state index contributed by atoms with van der Waals surface area (Å²) in [5.41, 5.74) is 1.34. The zero-order valence-electron chi connectivity index (χ0n) is 14.4. The predicted molar refractivity (Wildman–Crippen MR) is 99.4 cm³/mol.